The number of ether oxygens (including phenoxy) is 3. The van der Waals surface area contributed by atoms with E-state index in [-0.39, 0.29) is 40.2 Å². The van der Waals surface area contributed by atoms with E-state index in [2.05, 4.69) is 38.1 Å². The fourth-order valence-electron chi connectivity index (χ4n) is 5.02. The highest BCUT2D eigenvalue weighted by molar-refractivity contribution is 5.93. The lowest BCUT2D eigenvalue weighted by Crippen LogP contribution is -2.10. The van der Waals surface area contributed by atoms with Gasteiger partial charge < -0.3 is 34.4 Å². The number of pyridine rings is 3. The van der Waals surface area contributed by atoms with Crippen LogP contribution < -0.4 is 4.90 Å². The van der Waals surface area contributed by atoms with Gasteiger partial charge in [-0.15, -0.1) is 0 Å². The number of aromatic nitrogens is 3. The second-order valence-electron chi connectivity index (χ2n) is 9.81. The second kappa shape index (κ2) is 13.2. The fraction of sp³-hybridized carbons (Fsp3) is 0.182. The van der Waals surface area contributed by atoms with Gasteiger partial charge in [-0.25, -0.2) is 0 Å². The molecular weight excluding hydrogens is 548 g/mol. The Kier molecular flexibility index (Phi) is 8.75. The maximum atomic E-state index is 8.99. The molecule has 0 fully saturated rings. The first-order chi connectivity index (χ1) is 21.1. The lowest BCUT2D eigenvalue weighted by Gasteiger charge is -2.26. The molecule has 0 radical (unpaired) electrons. The third kappa shape index (κ3) is 6.45. The first kappa shape index (κ1) is 28.6. The molecule has 3 N–H and O–H groups in total. The van der Waals surface area contributed by atoms with Crippen LogP contribution in [0.15, 0.2) is 91.0 Å². The smallest absolute Gasteiger partial charge is 0.144 e. The van der Waals surface area contributed by atoms with Gasteiger partial charge in [0.2, 0.25) is 0 Å². The Balaban J connectivity index is 1.43. The molecule has 10 nitrogen and oxygen atoms in total. The molecule has 0 aliphatic heterocycles. The van der Waals surface area contributed by atoms with E-state index in [1.807, 2.05) is 72.8 Å². The molecule has 10 heteroatoms. The molecule has 3 heterocycles. The Labute approximate surface area is 247 Å². The predicted octanol–water partition coefficient (Wildman–Crippen LogP) is 5.20. The summed E-state index contributed by atoms with van der Waals surface area (Å²) >= 11 is 0. The van der Waals surface area contributed by atoms with E-state index in [0.717, 1.165) is 66.9 Å². The number of aliphatic hydroxyl groups is 3. The summed E-state index contributed by atoms with van der Waals surface area (Å²) in [5.41, 5.74) is 7.50. The first-order valence-corrected chi connectivity index (χ1v) is 13.7. The van der Waals surface area contributed by atoms with Gasteiger partial charge in [0.25, 0.3) is 0 Å². The standard InChI is InChI=1S/C33H30N4O6/c38-19-41-16-25-4-1-22-13-28(7-10-31(22)34-25)37(29-8-11-32-23(14-29)2-5-26(35-32)17-42-20-39)30-9-12-33-24(15-30)3-6-27(36-33)18-43-21-40/h1-15,38-40H,16-21H2. The zero-order chi connectivity index (χ0) is 29.6. The molecule has 0 spiro atoms. The Morgan fingerprint density at radius 1 is 0.442 bits per heavy atom. The lowest BCUT2D eigenvalue weighted by atomic mass is 10.1. The zero-order valence-electron chi connectivity index (χ0n) is 23.3. The van der Waals surface area contributed by atoms with E-state index in [1.54, 1.807) is 0 Å². The Bertz CT molecular complexity index is 1670. The van der Waals surface area contributed by atoms with Crippen LogP contribution in [0.2, 0.25) is 0 Å². The molecule has 6 rings (SSSR count). The molecule has 0 unspecified atom stereocenters. The minimum Gasteiger partial charge on any atom is -0.371 e. The molecule has 0 saturated carbocycles. The largest absolute Gasteiger partial charge is 0.371 e. The van der Waals surface area contributed by atoms with Crippen molar-refractivity contribution in [3.63, 3.8) is 0 Å². The van der Waals surface area contributed by atoms with Gasteiger partial charge in [-0.05, 0) is 72.8 Å². The van der Waals surface area contributed by atoms with Crippen LogP contribution in [0.1, 0.15) is 17.1 Å². The van der Waals surface area contributed by atoms with Crippen molar-refractivity contribution in [1.29, 1.82) is 0 Å². The molecule has 0 aliphatic carbocycles. The summed E-state index contributed by atoms with van der Waals surface area (Å²) in [5, 5.41) is 29.9. The van der Waals surface area contributed by atoms with Crippen LogP contribution in [-0.4, -0.2) is 50.7 Å². The quantitative estimate of drug-likeness (QED) is 0.167. The highest BCUT2D eigenvalue weighted by atomic mass is 16.6. The highest BCUT2D eigenvalue weighted by Gasteiger charge is 2.16. The molecule has 0 saturated heterocycles. The van der Waals surface area contributed by atoms with E-state index in [4.69, 9.17) is 29.5 Å². The summed E-state index contributed by atoms with van der Waals surface area (Å²) < 4.78 is 15.3. The van der Waals surface area contributed by atoms with Crippen LogP contribution in [0.25, 0.3) is 32.7 Å². The fourth-order valence-corrected chi connectivity index (χ4v) is 5.02. The van der Waals surface area contributed by atoms with Gasteiger partial charge in [0.1, 0.15) is 20.4 Å². The van der Waals surface area contributed by atoms with Gasteiger partial charge in [0, 0.05) is 33.2 Å². The van der Waals surface area contributed by atoms with Gasteiger partial charge in [-0.3, -0.25) is 15.0 Å². The summed E-state index contributed by atoms with van der Waals surface area (Å²) in [6.07, 6.45) is 0. The average molecular weight is 579 g/mol. The van der Waals surface area contributed by atoms with Crippen molar-refractivity contribution in [2.24, 2.45) is 0 Å². The minimum atomic E-state index is -0.355. The van der Waals surface area contributed by atoms with Crippen molar-refractivity contribution in [3.8, 4) is 0 Å². The summed E-state index contributed by atoms with van der Waals surface area (Å²) in [5.74, 6) is 0. The van der Waals surface area contributed by atoms with Crippen LogP contribution in [-0.2, 0) is 34.0 Å². The van der Waals surface area contributed by atoms with Crippen molar-refractivity contribution in [2.75, 3.05) is 25.3 Å². The number of hydrogen-bond acceptors (Lipinski definition) is 10. The second-order valence-corrected chi connectivity index (χ2v) is 9.81. The molecule has 218 valence electrons. The molecule has 3 aromatic carbocycles. The molecule has 0 bridgehead atoms. The number of fused-ring (bicyclic) bond motifs is 3. The van der Waals surface area contributed by atoms with Gasteiger partial charge >= 0.3 is 0 Å². The Morgan fingerprint density at radius 3 is 1.07 bits per heavy atom. The van der Waals surface area contributed by atoms with Gasteiger partial charge in [0.15, 0.2) is 0 Å². The summed E-state index contributed by atoms with van der Waals surface area (Å²) in [6, 6.07) is 30.0. The molecule has 3 aromatic heterocycles. The monoisotopic (exact) mass is 578 g/mol. The number of aliphatic hydroxyl groups excluding tert-OH is 3. The number of hydrogen-bond donors (Lipinski definition) is 3. The Morgan fingerprint density at radius 2 is 0.767 bits per heavy atom. The van der Waals surface area contributed by atoms with E-state index in [9.17, 15) is 0 Å². The van der Waals surface area contributed by atoms with Crippen LogP contribution in [0.3, 0.4) is 0 Å². The summed E-state index contributed by atoms with van der Waals surface area (Å²) in [6.45, 7) is -0.363. The number of anilines is 3. The SMILES string of the molecule is OCOCc1ccc2cc(N(c3ccc4nc(COCO)ccc4c3)c3ccc4nc(COCO)ccc4c3)ccc2n1. The summed E-state index contributed by atoms with van der Waals surface area (Å²) in [7, 11) is 0. The Hall–Kier alpha value is -4.55. The van der Waals surface area contributed by atoms with Gasteiger partial charge in [0.05, 0.1) is 53.5 Å². The predicted molar refractivity (Wildman–Crippen MR) is 163 cm³/mol. The van der Waals surface area contributed by atoms with Crippen molar-refractivity contribution >= 4 is 49.8 Å². The average Bonchev–Trinajstić information content (AvgIpc) is 3.05. The van der Waals surface area contributed by atoms with E-state index in [0.29, 0.717) is 0 Å². The number of benzene rings is 3. The van der Waals surface area contributed by atoms with Crippen LogP contribution in [0.4, 0.5) is 17.1 Å². The molecular formula is C33H30N4O6. The van der Waals surface area contributed by atoms with E-state index in [1.165, 1.54) is 0 Å². The van der Waals surface area contributed by atoms with Crippen LogP contribution in [0.5, 0.6) is 0 Å². The highest BCUT2D eigenvalue weighted by Crippen LogP contribution is 2.38. The van der Waals surface area contributed by atoms with Crippen LogP contribution in [0, 0.1) is 0 Å². The first-order valence-electron chi connectivity index (χ1n) is 13.7. The van der Waals surface area contributed by atoms with E-state index < -0.39 is 0 Å². The zero-order valence-corrected chi connectivity index (χ0v) is 23.3. The maximum absolute atomic E-state index is 8.99. The summed E-state index contributed by atoms with van der Waals surface area (Å²) in [4.78, 5) is 16.2. The normalized spacial score (nSPS) is 11.5. The van der Waals surface area contributed by atoms with Crippen LogP contribution >= 0.6 is 0 Å². The lowest BCUT2D eigenvalue weighted by molar-refractivity contribution is -0.0126. The van der Waals surface area contributed by atoms with Crippen molar-refractivity contribution in [1.82, 2.24) is 15.0 Å². The molecule has 0 aliphatic rings. The van der Waals surface area contributed by atoms with Crippen molar-refractivity contribution in [2.45, 2.75) is 19.8 Å². The molecule has 0 amide bonds. The molecule has 43 heavy (non-hydrogen) atoms. The molecule has 6 aromatic rings. The number of nitrogens with zero attached hydrogens (tertiary/aromatic N) is 4. The van der Waals surface area contributed by atoms with Gasteiger partial charge in [-0.2, -0.15) is 0 Å². The topological polar surface area (TPSA) is 130 Å². The molecule has 0 atom stereocenters. The minimum absolute atomic E-state index is 0.234. The third-order valence-corrected chi connectivity index (χ3v) is 6.99. The van der Waals surface area contributed by atoms with Crippen molar-refractivity contribution in [3.05, 3.63) is 108 Å². The van der Waals surface area contributed by atoms with Crippen molar-refractivity contribution < 1.29 is 29.5 Å². The maximum Gasteiger partial charge on any atom is 0.144 e. The third-order valence-electron chi connectivity index (χ3n) is 6.99. The van der Waals surface area contributed by atoms with Gasteiger partial charge in [-0.1, -0.05) is 18.2 Å². The number of rotatable bonds is 12. The van der Waals surface area contributed by atoms with E-state index >= 15 is 0 Å².